The lowest BCUT2D eigenvalue weighted by molar-refractivity contribution is -0.119. The van der Waals surface area contributed by atoms with Crippen molar-refractivity contribution in [1.29, 1.82) is 0 Å². The van der Waals surface area contributed by atoms with Crippen molar-refractivity contribution >= 4 is 17.3 Å². The van der Waals surface area contributed by atoms with Crippen molar-refractivity contribution in [3.05, 3.63) is 66.2 Å². The van der Waals surface area contributed by atoms with E-state index in [9.17, 15) is 4.79 Å². The van der Waals surface area contributed by atoms with Gasteiger partial charge in [-0.1, -0.05) is 24.3 Å². The molecule has 3 rings (SSSR count). The van der Waals surface area contributed by atoms with Crippen LogP contribution in [-0.2, 0) is 10.3 Å². The summed E-state index contributed by atoms with van der Waals surface area (Å²) in [7, 11) is 1.63. The number of fused-ring (bicyclic) bond motifs is 1. The van der Waals surface area contributed by atoms with Crippen LogP contribution in [0.25, 0.3) is 0 Å². The molecular formula is C19H20N2O2. The van der Waals surface area contributed by atoms with Crippen LogP contribution < -0.4 is 15.4 Å². The van der Waals surface area contributed by atoms with Gasteiger partial charge in [0.15, 0.2) is 0 Å². The van der Waals surface area contributed by atoms with E-state index < -0.39 is 5.54 Å². The first kappa shape index (κ1) is 15.2. The first-order valence-electron chi connectivity index (χ1n) is 7.55. The topological polar surface area (TPSA) is 50.4 Å². The molecule has 4 nitrogen and oxygen atoms in total. The second kappa shape index (κ2) is 5.80. The van der Waals surface area contributed by atoms with Crippen LogP contribution in [0.15, 0.2) is 55.1 Å². The minimum absolute atomic E-state index is 0.0579. The molecule has 1 atom stereocenters. The Balaban J connectivity index is 2.05. The summed E-state index contributed by atoms with van der Waals surface area (Å²) in [6.45, 7) is 5.82. The van der Waals surface area contributed by atoms with Crippen molar-refractivity contribution in [1.82, 2.24) is 0 Å². The average molecular weight is 308 g/mol. The Labute approximate surface area is 136 Å². The highest BCUT2D eigenvalue weighted by molar-refractivity contribution is 6.08. The Hall–Kier alpha value is -2.75. The van der Waals surface area contributed by atoms with Gasteiger partial charge in [0.2, 0.25) is 0 Å². The van der Waals surface area contributed by atoms with Gasteiger partial charge in [0.25, 0.3) is 5.91 Å². The fraction of sp³-hybridized carbons (Fsp3) is 0.211. The van der Waals surface area contributed by atoms with Crippen molar-refractivity contribution < 1.29 is 9.53 Å². The predicted molar refractivity (Wildman–Crippen MR) is 92.9 cm³/mol. The second-order valence-corrected chi connectivity index (χ2v) is 5.70. The monoisotopic (exact) mass is 308 g/mol. The van der Waals surface area contributed by atoms with Crippen LogP contribution in [0.1, 0.15) is 17.5 Å². The number of para-hydroxylation sites is 1. The zero-order valence-electron chi connectivity index (χ0n) is 13.3. The Morgan fingerprint density at radius 2 is 2.00 bits per heavy atom. The average Bonchev–Trinajstić information content (AvgIpc) is 2.83. The molecule has 0 saturated carbocycles. The third-order valence-electron chi connectivity index (χ3n) is 4.26. The minimum Gasteiger partial charge on any atom is -0.497 e. The number of ether oxygens (including phenoxy) is 1. The quantitative estimate of drug-likeness (QED) is 0.825. The molecule has 1 aliphatic rings. The molecule has 2 aromatic rings. The third kappa shape index (κ3) is 2.46. The van der Waals surface area contributed by atoms with Gasteiger partial charge < -0.3 is 15.4 Å². The standard InChI is InChI=1S/C19H20N2O2/c1-4-12-19(21-14-8-10-15(23-3)11-9-14)16-7-5-6-13(2)17(16)20-18(19)22/h4-11,21H,1,12H2,2-3H3,(H,20,22). The zero-order valence-corrected chi connectivity index (χ0v) is 13.3. The normalized spacial score (nSPS) is 19.0. The second-order valence-electron chi connectivity index (χ2n) is 5.70. The number of rotatable bonds is 5. The fourth-order valence-electron chi connectivity index (χ4n) is 3.05. The van der Waals surface area contributed by atoms with Crippen LogP contribution in [0.3, 0.4) is 0 Å². The summed E-state index contributed by atoms with van der Waals surface area (Å²) in [4.78, 5) is 12.8. The van der Waals surface area contributed by atoms with Crippen molar-refractivity contribution in [2.45, 2.75) is 18.9 Å². The van der Waals surface area contributed by atoms with E-state index in [1.165, 1.54) is 0 Å². The van der Waals surface area contributed by atoms with Gasteiger partial charge in [-0.05, 0) is 36.8 Å². The summed E-state index contributed by atoms with van der Waals surface area (Å²) in [5.74, 6) is 0.720. The molecule has 1 unspecified atom stereocenters. The maximum Gasteiger partial charge on any atom is 0.255 e. The third-order valence-corrected chi connectivity index (χ3v) is 4.26. The number of methoxy groups -OCH3 is 1. The molecule has 2 N–H and O–H groups in total. The lowest BCUT2D eigenvalue weighted by Gasteiger charge is -2.29. The summed E-state index contributed by atoms with van der Waals surface area (Å²) in [5.41, 5.74) is 2.92. The maximum atomic E-state index is 12.8. The number of hydrogen-bond acceptors (Lipinski definition) is 3. The highest BCUT2D eigenvalue weighted by Crippen LogP contribution is 2.42. The van der Waals surface area contributed by atoms with E-state index in [0.29, 0.717) is 6.42 Å². The number of hydrogen-bond donors (Lipinski definition) is 2. The van der Waals surface area contributed by atoms with Gasteiger partial charge in [-0.25, -0.2) is 0 Å². The SMILES string of the molecule is C=CCC1(Nc2ccc(OC)cc2)C(=O)Nc2c(C)cccc21. The number of carbonyl (C=O) groups excluding carboxylic acids is 1. The predicted octanol–water partition coefficient (Wildman–Crippen LogP) is 3.84. The molecule has 2 aromatic carbocycles. The molecule has 1 amide bonds. The molecule has 4 heteroatoms. The highest BCUT2D eigenvalue weighted by atomic mass is 16.5. The van der Waals surface area contributed by atoms with Crippen LogP contribution in [-0.4, -0.2) is 13.0 Å². The molecule has 0 bridgehead atoms. The number of aryl methyl sites for hydroxylation is 1. The Kier molecular flexibility index (Phi) is 3.82. The first-order valence-corrected chi connectivity index (χ1v) is 7.55. The number of anilines is 2. The van der Waals surface area contributed by atoms with Crippen LogP contribution in [0.5, 0.6) is 5.75 Å². The summed E-state index contributed by atoms with van der Waals surface area (Å²) >= 11 is 0. The van der Waals surface area contributed by atoms with Crippen LogP contribution >= 0.6 is 0 Å². The van der Waals surface area contributed by atoms with Gasteiger partial charge in [-0.3, -0.25) is 4.79 Å². The van der Waals surface area contributed by atoms with E-state index in [-0.39, 0.29) is 5.91 Å². The molecule has 23 heavy (non-hydrogen) atoms. The van der Waals surface area contributed by atoms with Gasteiger partial charge in [0.1, 0.15) is 11.3 Å². The van der Waals surface area contributed by atoms with E-state index in [1.54, 1.807) is 13.2 Å². The molecule has 0 spiro atoms. The molecule has 0 aromatic heterocycles. The van der Waals surface area contributed by atoms with Crippen molar-refractivity contribution in [3.63, 3.8) is 0 Å². The highest BCUT2D eigenvalue weighted by Gasteiger charge is 2.46. The minimum atomic E-state index is -0.836. The zero-order chi connectivity index (χ0) is 16.4. The molecule has 0 saturated heterocycles. The fourth-order valence-corrected chi connectivity index (χ4v) is 3.05. The molecule has 118 valence electrons. The van der Waals surface area contributed by atoms with Crippen LogP contribution in [0, 0.1) is 6.92 Å². The Morgan fingerprint density at radius 3 is 2.65 bits per heavy atom. The maximum absolute atomic E-state index is 12.8. The van der Waals surface area contributed by atoms with Crippen molar-refractivity contribution in [2.75, 3.05) is 17.7 Å². The number of amides is 1. The van der Waals surface area contributed by atoms with Gasteiger partial charge in [-0.2, -0.15) is 0 Å². The van der Waals surface area contributed by atoms with Gasteiger partial charge in [0, 0.05) is 23.4 Å². The molecule has 1 aliphatic heterocycles. The summed E-state index contributed by atoms with van der Waals surface area (Å²) < 4.78 is 5.18. The first-order chi connectivity index (χ1) is 11.1. The van der Waals surface area contributed by atoms with Crippen molar-refractivity contribution in [3.8, 4) is 5.75 Å². The van der Waals surface area contributed by atoms with Gasteiger partial charge in [0.05, 0.1) is 7.11 Å². The Bertz CT molecular complexity index is 752. The van der Waals surface area contributed by atoms with Crippen LogP contribution in [0.2, 0.25) is 0 Å². The van der Waals surface area contributed by atoms with Crippen molar-refractivity contribution in [2.24, 2.45) is 0 Å². The van der Waals surface area contributed by atoms with E-state index >= 15 is 0 Å². The summed E-state index contributed by atoms with van der Waals surface area (Å²) in [6, 6.07) is 13.5. The summed E-state index contributed by atoms with van der Waals surface area (Å²) in [5, 5.41) is 6.41. The number of nitrogens with one attached hydrogen (secondary N) is 2. The molecule has 0 aliphatic carbocycles. The molecular weight excluding hydrogens is 288 g/mol. The van der Waals surface area contributed by atoms with E-state index in [2.05, 4.69) is 17.2 Å². The molecule has 1 heterocycles. The van der Waals surface area contributed by atoms with E-state index in [4.69, 9.17) is 4.74 Å². The Morgan fingerprint density at radius 1 is 1.26 bits per heavy atom. The van der Waals surface area contributed by atoms with Gasteiger partial charge >= 0.3 is 0 Å². The largest absolute Gasteiger partial charge is 0.497 e. The summed E-state index contributed by atoms with van der Waals surface area (Å²) in [6.07, 6.45) is 2.27. The molecule has 0 radical (unpaired) electrons. The van der Waals surface area contributed by atoms with E-state index in [1.807, 2.05) is 49.4 Å². The molecule has 0 fully saturated rings. The smallest absolute Gasteiger partial charge is 0.255 e. The number of carbonyl (C=O) groups is 1. The number of benzene rings is 2. The van der Waals surface area contributed by atoms with Crippen LogP contribution in [0.4, 0.5) is 11.4 Å². The lowest BCUT2D eigenvalue weighted by atomic mass is 9.86. The van der Waals surface area contributed by atoms with Gasteiger partial charge in [-0.15, -0.1) is 6.58 Å². The lowest BCUT2D eigenvalue weighted by Crippen LogP contribution is -2.41. The van der Waals surface area contributed by atoms with E-state index in [0.717, 1.165) is 28.3 Å².